The van der Waals surface area contributed by atoms with E-state index in [1.54, 1.807) is 7.11 Å². The van der Waals surface area contributed by atoms with Crippen LogP contribution in [0.3, 0.4) is 0 Å². The minimum atomic E-state index is -0.247. The Bertz CT molecular complexity index is 312. The Hall–Kier alpha value is -1.14. The monoisotopic (exact) mass is 334 g/mol. The third-order valence-electron chi connectivity index (χ3n) is 3.51. The molecule has 0 aromatic rings. The standard InChI is InChI=1S/C9H18O3.C8H16O3/c1-5-9(3,11-4)6-7-12-8(2)10;1-4-8(10-5-2)6-11-7(3)9/h5-7H2,1-4H3;8H,4-6H2,1-3H3. The number of hydrogen-bond donors (Lipinski definition) is 0. The lowest BCUT2D eigenvalue weighted by atomic mass is 10.00. The number of esters is 2. The summed E-state index contributed by atoms with van der Waals surface area (Å²) in [5.74, 6) is -0.479. The van der Waals surface area contributed by atoms with Gasteiger partial charge in [-0.1, -0.05) is 13.8 Å². The zero-order chi connectivity index (χ0) is 18.3. The van der Waals surface area contributed by atoms with Crippen LogP contribution < -0.4 is 0 Å². The minimum Gasteiger partial charge on any atom is -0.466 e. The van der Waals surface area contributed by atoms with Crippen molar-refractivity contribution in [2.24, 2.45) is 0 Å². The Morgan fingerprint density at radius 2 is 1.61 bits per heavy atom. The molecule has 0 aliphatic heterocycles. The molecule has 0 heterocycles. The van der Waals surface area contributed by atoms with Crippen molar-refractivity contribution in [3.63, 3.8) is 0 Å². The van der Waals surface area contributed by atoms with E-state index >= 15 is 0 Å². The summed E-state index contributed by atoms with van der Waals surface area (Å²) in [6, 6.07) is 0. The van der Waals surface area contributed by atoms with Crippen molar-refractivity contribution < 1.29 is 28.5 Å². The Kier molecular flexibility index (Phi) is 15.2. The number of carbonyl (C=O) groups excluding carboxylic acids is 2. The normalized spacial score (nSPS) is 14.0. The molecule has 0 N–H and O–H groups in total. The first-order chi connectivity index (χ1) is 10.7. The van der Waals surface area contributed by atoms with E-state index in [9.17, 15) is 9.59 Å². The van der Waals surface area contributed by atoms with Gasteiger partial charge in [-0.3, -0.25) is 9.59 Å². The van der Waals surface area contributed by atoms with Gasteiger partial charge >= 0.3 is 11.9 Å². The maximum atomic E-state index is 10.4. The second-order valence-corrected chi connectivity index (χ2v) is 5.39. The Morgan fingerprint density at radius 1 is 1.04 bits per heavy atom. The molecule has 0 radical (unpaired) electrons. The SMILES string of the molecule is CCC(C)(CCOC(C)=O)OC.CCOC(CC)COC(C)=O. The number of carbonyl (C=O) groups is 2. The van der Waals surface area contributed by atoms with E-state index in [0.29, 0.717) is 19.8 Å². The van der Waals surface area contributed by atoms with Gasteiger partial charge in [0.15, 0.2) is 0 Å². The molecule has 6 nitrogen and oxygen atoms in total. The van der Waals surface area contributed by atoms with Crippen molar-refractivity contribution in [1.82, 2.24) is 0 Å². The second kappa shape index (κ2) is 14.5. The largest absolute Gasteiger partial charge is 0.466 e. The molecule has 138 valence electrons. The van der Waals surface area contributed by atoms with Gasteiger partial charge in [0.1, 0.15) is 6.61 Å². The Labute approximate surface area is 140 Å². The minimum absolute atomic E-state index is 0.0592. The summed E-state index contributed by atoms with van der Waals surface area (Å²) in [5.41, 5.74) is -0.157. The van der Waals surface area contributed by atoms with Crippen LogP contribution in [-0.2, 0) is 28.5 Å². The van der Waals surface area contributed by atoms with E-state index < -0.39 is 0 Å². The topological polar surface area (TPSA) is 71.1 Å². The molecule has 0 aromatic heterocycles. The average Bonchev–Trinajstić information content (AvgIpc) is 2.51. The predicted octanol–water partition coefficient (Wildman–Crippen LogP) is 3.12. The highest BCUT2D eigenvalue weighted by Gasteiger charge is 2.20. The molecule has 0 bridgehead atoms. The van der Waals surface area contributed by atoms with Crippen LogP contribution in [0.2, 0.25) is 0 Å². The van der Waals surface area contributed by atoms with Gasteiger partial charge in [0.05, 0.1) is 18.3 Å². The van der Waals surface area contributed by atoms with Gasteiger partial charge in [-0.2, -0.15) is 0 Å². The van der Waals surface area contributed by atoms with Crippen LogP contribution in [0.15, 0.2) is 0 Å². The van der Waals surface area contributed by atoms with Gasteiger partial charge in [0.25, 0.3) is 0 Å². The third kappa shape index (κ3) is 15.5. The summed E-state index contributed by atoms with van der Waals surface area (Å²) in [5, 5.41) is 0. The van der Waals surface area contributed by atoms with Crippen molar-refractivity contribution in [2.75, 3.05) is 26.9 Å². The smallest absolute Gasteiger partial charge is 0.302 e. The van der Waals surface area contributed by atoms with Gasteiger partial charge in [-0.25, -0.2) is 0 Å². The molecule has 23 heavy (non-hydrogen) atoms. The average molecular weight is 334 g/mol. The first-order valence-electron chi connectivity index (χ1n) is 8.18. The van der Waals surface area contributed by atoms with Crippen molar-refractivity contribution >= 4 is 11.9 Å². The van der Waals surface area contributed by atoms with Gasteiger partial charge in [-0.15, -0.1) is 0 Å². The van der Waals surface area contributed by atoms with E-state index in [4.69, 9.17) is 18.9 Å². The number of hydrogen-bond acceptors (Lipinski definition) is 6. The lowest BCUT2D eigenvalue weighted by Crippen LogP contribution is -2.28. The molecule has 2 atom stereocenters. The summed E-state index contributed by atoms with van der Waals surface area (Å²) in [6.07, 6.45) is 2.61. The molecule has 2 unspecified atom stereocenters. The summed E-state index contributed by atoms with van der Waals surface area (Å²) in [6.45, 7) is 12.3. The van der Waals surface area contributed by atoms with Crippen LogP contribution in [0.4, 0.5) is 0 Å². The summed E-state index contributed by atoms with van der Waals surface area (Å²) >= 11 is 0. The predicted molar refractivity (Wildman–Crippen MR) is 89.3 cm³/mol. The second-order valence-electron chi connectivity index (χ2n) is 5.39. The first kappa shape index (κ1) is 24.1. The van der Waals surface area contributed by atoms with E-state index in [2.05, 4.69) is 6.92 Å². The summed E-state index contributed by atoms with van der Waals surface area (Å²) in [7, 11) is 1.68. The number of methoxy groups -OCH3 is 1. The molecule has 0 aliphatic carbocycles. The maximum Gasteiger partial charge on any atom is 0.302 e. The van der Waals surface area contributed by atoms with Crippen molar-refractivity contribution in [1.29, 1.82) is 0 Å². The van der Waals surface area contributed by atoms with Crippen LogP contribution in [0, 0.1) is 0 Å². The van der Waals surface area contributed by atoms with E-state index in [0.717, 1.165) is 19.3 Å². The van der Waals surface area contributed by atoms with E-state index in [-0.39, 0.29) is 23.6 Å². The molecular weight excluding hydrogens is 300 g/mol. The fourth-order valence-corrected chi connectivity index (χ4v) is 1.56. The van der Waals surface area contributed by atoms with Gasteiger partial charge in [0, 0.05) is 34.0 Å². The van der Waals surface area contributed by atoms with Gasteiger partial charge in [-0.05, 0) is 26.7 Å². The fraction of sp³-hybridized carbons (Fsp3) is 0.882. The lowest BCUT2D eigenvalue weighted by Gasteiger charge is -2.25. The molecule has 0 spiro atoms. The maximum absolute atomic E-state index is 10.4. The lowest BCUT2D eigenvalue weighted by molar-refractivity contribution is -0.145. The van der Waals surface area contributed by atoms with E-state index in [1.165, 1.54) is 13.8 Å². The fourth-order valence-electron chi connectivity index (χ4n) is 1.56. The van der Waals surface area contributed by atoms with Crippen LogP contribution in [0.1, 0.15) is 60.8 Å². The highest BCUT2D eigenvalue weighted by molar-refractivity contribution is 5.66. The molecule has 0 saturated carbocycles. The molecule has 0 saturated heterocycles. The zero-order valence-electron chi connectivity index (χ0n) is 15.8. The Balaban J connectivity index is 0. The first-order valence-corrected chi connectivity index (χ1v) is 8.18. The zero-order valence-corrected chi connectivity index (χ0v) is 15.8. The molecule has 6 heteroatoms. The molecule has 0 aliphatic rings. The summed E-state index contributed by atoms with van der Waals surface area (Å²) < 4.78 is 20.1. The van der Waals surface area contributed by atoms with E-state index in [1.807, 2.05) is 20.8 Å². The molecule has 0 aromatic carbocycles. The number of rotatable bonds is 10. The van der Waals surface area contributed by atoms with Gasteiger partial charge in [0.2, 0.25) is 0 Å². The van der Waals surface area contributed by atoms with Crippen molar-refractivity contribution in [3.05, 3.63) is 0 Å². The Morgan fingerprint density at radius 3 is 1.96 bits per heavy atom. The van der Waals surface area contributed by atoms with Crippen LogP contribution >= 0.6 is 0 Å². The highest BCUT2D eigenvalue weighted by atomic mass is 16.6. The quantitative estimate of drug-likeness (QED) is 0.572. The van der Waals surface area contributed by atoms with Crippen LogP contribution in [0.25, 0.3) is 0 Å². The number of ether oxygens (including phenoxy) is 4. The molecule has 0 amide bonds. The van der Waals surface area contributed by atoms with Crippen LogP contribution in [-0.4, -0.2) is 50.6 Å². The highest BCUT2D eigenvalue weighted by Crippen LogP contribution is 2.18. The van der Waals surface area contributed by atoms with Gasteiger partial charge < -0.3 is 18.9 Å². The summed E-state index contributed by atoms with van der Waals surface area (Å²) in [4.78, 5) is 20.8. The van der Waals surface area contributed by atoms with Crippen molar-refractivity contribution in [2.45, 2.75) is 72.5 Å². The molecular formula is C17H34O6. The molecule has 0 rings (SSSR count). The third-order valence-corrected chi connectivity index (χ3v) is 3.51. The molecule has 0 fully saturated rings. The van der Waals surface area contributed by atoms with Crippen molar-refractivity contribution in [3.8, 4) is 0 Å². The van der Waals surface area contributed by atoms with Crippen LogP contribution in [0.5, 0.6) is 0 Å².